The zero-order valence-electron chi connectivity index (χ0n) is 11.8. The van der Waals surface area contributed by atoms with Gasteiger partial charge in [-0.3, -0.25) is 4.57 Å². The van der Waals surface area contributed by atoms with Crippen molar-refractivity contribution in [2.24, 2.45) is 5.73 Å². The molecule has 0 heterocycles. The van der Waals surface area contributed by atoms with E-state index in [0.29, 0.717) is 6.16 Å². The van der Waals surface area contributed by atoms with Gasteiger partial charge in [-0.05, 0) is 23.3 Å². The monoisotopic (exact) mass is 289 g/mol. The first kappa shape index (κ1) is 15.0. The lowest BCUT2D eigenvalue weighted by Crippen LogP contribution is -2.14. The van der Waals surface area contributed by atoms with Crippen LogP contribution in [0.1, 0.15) is 24.1 Å². The molecule has 2 atom stereocenters. The summed E-state index contributed by atoms with van der Waals surface area (Å²) < 4.78 is 17.6. The van der Waals surface area contributed by atoms with Crippen molar-refractivity contribution in [1.29, 1.82) is 0 Å². The Bertz CT molecular complexity index is 588. The van der Waals surface area contributed by atoms with E-state index >= 15 is 0 Å². The summed E-state index contributed by atoms with van der Waals surface area (Å²) in [5, 5.41) is 0.742. The molecule has 0 saturated heterocycles. The van der Waals surface area contributed by atoms with Crippen molar-refractivity contribution in [3.63, 3.8) is 0 Å². The summed E-state index contributed by atoms with van der Waals surface area (Å²) >= 11 is 0. The van der Waals surface area contributed by atoms with E-state index in [1.54, 1.807) is 0 Å². The van der Waals surface area contributed by atoms with Crippen LogP contribution in [0.4, 0.5) is 0 Å². The molecule has 0 aromatic heterocycles. The van der Waals surface area contributed by atoms with E-state index in [9.17, 15) is 4.57 Å². The molecule has 0 saturated carbocycles. The average Bonchev–Trinajstić information content (AvgIpc) is 2.54. The van der Waals surface area contributed by atoms with Crippen LogP contribution in [0.25, 0.3) is 0 Å². The predicted molar refractivity (Wildman–Crippen MR) is 83.7 cm³/mol. The van der Waals surface area contributed by atoms with Gasteiger partial charge in [-0.2, -0.15) is 0 Å². The maximum absolute atomic E-state index is 12.4. The normalized spacial score (nSPS) is 15.6. The lowest BCUT2D eigenvalue weighted by molar-refractivity contribution is 0.404. The molecular weight excluding hydrogens is 269 g/mol. The summed E-state index contributed by atoms with van der Waals surface area (Å²) in [6.07, 6.45) is 0.494. The third-order valence-electron chi connectivity index (χ3n) is 3.52. The van der Waals surface area contributed by atoms with Crippen LogP contribution in [-0.4, -0.2) is 13.3 Å². The molecule has 0 fully saturated rings. The van der Waals surface area contributed by atoms with Gasteiger partial charge < -0.3 is 10.3 Å². The molecule has 2 aromatic carbocycles. The number of hydrogen-bond donors (Lipinski definition) is 1. The second kappa shape index (κ2) is 6.36. The number of rotatable bonds is 5. The lowest BCUT2D eigenvalue weighted by Gasteiger charge is -2.16. The average molecular weight is 289 g/mol. The third kappa shape index (κ3) is 3.01. The van der Waals surface area contributed by atoms with Crippen molar-refractivity contribution in [1.82, 2.24) is 0 Å². The van der Waals surface area contributed by atoms with Gasteiger partial charge in [-0.1, -0.05) is 49.4 Å². The van der Waals surface area contributed by atoms with Gasteiger partial charge in [0.05, 0.1) is 6.04 Å². The smallest absolute Gasteiger partial charge is 0.231 e. The Morgan fingerprint density at radius 1 is 1.05 bits per heavy atom. The highest BCUT2D eigenvalue weighted by Gasteiger charge is 2.21. The van der Waals surface area contributed by atoms with Gasteiger partial charge in [0.25, 0.3) is 0 Å². The highest BCUT2D eigenvalue weighted by molar-refractivity contribution is 7.66. The van der Waals surface area contributed by atoms with E-state index < -0.39 is 7.37 Å². The Balaban J connectivity index is 2.27. The van der Waals surface area contributed by atoms with Crippen LogP contribution in [0, 0.1) is 0 Å². The minimum atomic E-state index is -2.70. The van der Waals surface area contributed by atoms with Gasteiger partial charge >= 0.3 is 0 Å². The van der Waals surface area contributed by atoms with E-state index in [2.05, 4.69) is 0 Å². The van der Waals surface area contributed by atoms with Crippen molar-refractivity contribution in [2.75, 3.05) is 13.3 Å². The Labute approximate surface area is 120 Å². The van der Waals surface area contributed by atoms with Crippen LogP contribution < -0.4 is 11.0 Å². The Hall–Kier alpha value is -1.41. The van der Waals surface area contributed by atoms with E-state index in [4.69, 9.17) is 10.3 Å². The van der Waals surface area contributed by atoms with Crippen LogP contribution in [0.2, 0.25) is 0 Å². The van der Waals surface area contributed by atoms with E-state index in [0.717, 1.165) is 16.4 Å². The second-order valence-electron chi connectivity index (χ2n) is 4.65. The molecule has 0 bridgehead atoms. The minimum Gasteiger partial charge on any atom is -0.329 e. The largest absolute Gasteiger partial charge is 0.329 e. The molecule has 0 aliphatic rings. The molecule has 2 rings (SSSR count). The molecule has 0 aliphatic carbocycles. The zero-order valence-corrected chi connectivity index (χ0v) is 12.7. The highest BCUT2D eigenvalue weighted by Crippen LogP contribution is 2.44. The minimum absolute atomic E-state index is 0.172. The number of benzene rings is 2. The van der Waals surface area contributed by atoms with Gasteiger partial charge in [0.1, 0.15) is 0 Å². The Morgan fingerprint density at radius 2 is 1.60 bits per heavy atom. The molecule has 0 aliphatic heterocycles. The SMILES string of the molecule is CCP(=O)(OC)c1ccc(C(N)c2ccccc2)cc1. The molecule has 0 amide bonds. The topological polar surface area (TPSA) is 52.3 Å². The van der Waals surface area contributed by atoms with Crippen LogP contribution in [-0.2, 0) is 9.09 Å². The fourth-order valence-electron chi connectivity index (χ4n) is 2.18. The summed E-state index contributed by atoms with van der Waals surface area (Å²) in [5.74, 6) is 0. The molecular formula is C16H20NO2P. The standard InChI is InChI=1S/C16H20NO2P/c1-3-20(18,19-2)15-11-9-14(10-12-15)16(17)13-7-5-4-6-8-13/h4-12,16H,3,17H2,1-2H3. The first-order valence-corrected chi connectivity index (χ1v) is 8.47. The molecule has 0 spiro atoms. The quantitative estimate of drug-likeness (QED) is 0.859. The Morgan fingerprint density at radius 3 is 2.10 bits per heavy atom. The fourth-order valence-corrected chi connectivity index (χ4v) is 3.62. The Kier molecular flexibility index (Phi) is 4.77. The molecule has 3 nitrogen and oxygen atoms in total. The van der Waals surface area contributed by atoms with E-state index in [1.165, 1.54) is 7.11 Å². The molecule has 2 N–H and O–H groups in total. The van der Waals surface area contributed by atoms with Gasteiger partial charge in [0.15, 0.2) is 0 Å². The van der Waals surface area contributed by atoms with Crippen LogP contribution in [0.15, 0.2) is 54.6 Å². The van der Waals surface area contributed by atoms with Crippen molar-refractivity contribution in [3.8, 4) is 0 Å². The van der Waals surface area contributed by atoms with Crippen molar-refractivity contribution < 1.29 is 9.09 Å². The predicted octanol–water partition coefficient (Wildman–Crippen LogP) is 3.30. The van der Waals surface area contributed by atoms with E-state index in [-0.39, 0.29) is 6.04 Å². The summed E-state index contributed by atoms with van der Waals surface area (Å²) in [5.41, 5.74) is 8.30. The number of nitrogens with two attached hydrogens (primary N) is 1. The maximum Gasteiger partial charge on any atom is 0.231 e. The van der Waals surface area contributed by atoms with Crippen molar-refractivity contribution >= 4 is 12.7 Å². The molecule has 0 radical (unpaired) electrons. The van der Waals surface area contributed by atoms with Crippen LogP contribution >= 0.6 is 7.37 Å². The zero-order chi connectivity index (χ0) is 14.6. The highest BCUT2D eigenvalue weighted by atomic mass is 31.2. The van der Waals surface area contributed by atoms with Crippen molar-refractivity contribution in [3.05, 3.63) is 65.7 Å². The van der Waals surface area contributed by atoms with Crippen LogP contribution in [0.3, 0.4) is 0 Å². The molecule has 2 aromatic rings. The first-order chi connectivity index (χ1) is 9.60. The first-order valence-electron chi connectivity index (χ1n) is 6.66. The molecule has 2 unspecified atom stereocenters. The molecule has 4 heteroatoms. The molecule has 106 valence electrons. The van der Waals surface area contributed by atoms with Gasteiger partial charge in [-0.25, -0.2) is 0 Å². The summed E-state index contributed by atoms with van der Waals surface area (Å²) in [6, 6.07) is 17.3. The van der Waals surface area contributed by atoms with Crippen molar-refractivity contribution in [2.45, 2.75) is 13.0 Å². The van der Waals surface area contributed by atoms with Gasteiger partial charge in [0.2, 0.25) is 7.37 Å². The fraction of sp³-hybridized carbons (Fsp3) is 0.250. The second-order valence-corrected chi connectivity index (χ2v) is 7.51. The summed E-state index contributed by atoms with van der Waals surface area (Å²) in [4.78, 5) is 0. The number of hydrogen-bond acceptors (Lipinski definition) is 3. The lowest BCUT2D eigenvalue weighted by atomic mass is 10.00. The van der Waals surface area contributed by atoms with Gasteiger partial charge in [0, 0.05) is 18.6 Å². The molecule has 20 heavy (non-hydrogen) atoms. The summed E-state index contributed by atoms with van der Waals surface area (Å²) in [7, 11) is -1.20. The van der Waals surface area contributed by atoms with E-state index in [1.807, 2.05) is 61.5 Å². The van der Waals surface area contributed by atoms with Crippen LogP contribution in [0.5, 0.6) is 0 Å². The maximum atomic E-state index is 12.4. The third-order valence-corrected chi connectivity index (χ3v) is 6.02. The summed E-state index contributed by atoms with van der Waals surface area (Å²) in [6.45, 7) is 1.87. The van der Waals surface area contributed by atoms with Gasteiger partial charge in [-0.15, -0.1) is 0 Å².